The van der Waals surface area contributed by atoms with Crippen LogP contribution in [0.1, 0.15) is 42.7 Å². The minimum absolute atomic E-state index is 0.746. The van der Waals surface area contributed by atoms with E-state index in [1.807, 2.05) is 0 Å². The summed E-state index contributed by atoms with van der Waals surface area (Å²) in [6, 6.07) is 10.1. The molecule has 0 aromatic heterocycles. The summed E-state index contributed by atoms with van der Waals surface area (Å²) in [7, 11) is 6.35. The number of likely N-dealkylation sites (N-methyl/N-ethyl adjacent to an activating group) is 1. The van der Waals surface area contributed by atoms with Crippen molar-refractivity contribution in [1.29, 1.82) is 0 Å². The Labute approximate surface area is 118 Å². The van der Waals surface area contributed by atoms with Gasteiger partial charge in [-0.1, -0.05) is 24.3 Å². The minimum atomic E-state index is 0.746. The molecule has 2 heteroatoms. The summed E-state index contributed by atoms with van der Waals surface area (Å²) < 4.78 is 0. The van der Waals surface area contributed by atoms with Gasteiger partial charge in [-0.15, -0.1) is 0 Å². The molecule has 0 spiro atoms. The van der Waals surface area contributed by atoms with E-state index < -0.39 is 0 Å². The summed E-state index contributed by atoms with van der Waals surface area (Å²) in [6.07, 6.45) is 6.47. The van der Waals surface area contributed by atoms with Gasteiger partial charge in [0.15, 0.2) is 0 Å². The highest BCUT2D eigenvalue weighted by Crippen LogP contribution is 2.32. The lowest BCUT2D eigenvalue weighted by molar-refractivity contribution is 0.358. The van der Waals surface area contributed by atoms with E-state index in [-0.39, 0.29) is 0 Å². The van der Waals surface area contributed by atoms with E-state index in [2.05, 4.69) is 55.6 Å². The molecular formula is C17H28N2. The highest BCUT2D eigenvalue weighted by atomic mass is 15.0. The molecule has 0 amide bonds. The maximum absolute atomic E-state index is 3.41. The predicted molar refractivity (Wildman–Crippen MR) is 82.8 cm³/mol. The Hall–Kier alpha value is -0.860. The summed E-state index contributed by atoms with van der Waals surface area (Å²) in [6.45, 7) is 1.13. The molecule has 1 fully saturated rings. The molecule has 106 valence electrons. The fourth-order valence-corrected chi connectivity index (χ4v) is 3.02. The SMILES string of the molecule is CNC1CCC(c2ccc(CCN(C)C)cc2)CC1. The first-order valence-electron chi connectivity index (χ1n) is 7.60. The molecule has 0 heterocycles. The molecule has 0 unspecified atom stereocenters. The second-order valence-corrected chi connectivity index (χ2v) is 6.13. The molecule has 1 saturated carbocycles. The van der Waals surface area contributed by atoms with Gasteiger partial charge in [-0.2, -0.15) is 0 Å². The molecule has 1 aliphatic carbocycles. The normalized spacial score (nSPS) is 23.8. The topological polar surface area (TPSA) is 15.3 Å². The highest BCUT2D eigenvalue weighted by molar-refractivity contribution is 5.26. The zero-order valence-corrected chi connectivity index (χ0v) is 12.7. The standard InChI is InChI=1S/C17H28N2/c1-18-17-10-8-16(9-11-17)15-6-4-14(5-7-15)12-13-19(2)3/h4-7,16-18H,8-13H2,1-3H3. The van der Waals surface area contributed by atoms with E-state index in [0.29, 0.717) is 0 Å². The Morgan fingerprint density at radius 2 is 1.68 bits per heavy atom. The molecule has 1 N–H and O–H groups in total. The van der Waals surface area contributed by atoms with E-state index in [9.17, 15) is 0 Å². The third kappa shape index (κ3) is 4.32. The fourth-order valence-electron chi connectivity index (χ4n) is 3.02. The van der Waals surface area contributed by atoms with Crippen molar-refractivity contribution in [2.45, 2.75) is 44.1 Å². The van der Waals surface area contributed by atoms with Crippen LogP contribution in [0.4, 0.5) is 0 Å². The van der Waals surface area contributed by atoms with E-state index >= 15 is 0 Å². The van der Waals surface area contributed by atoms with Crippen molar-refractivity contribution in [3.63, 3.8) is 0 Å². The lowest BCUT2D eigenvalue weighted by atomic mass is 9.81. The van der Waals surface area contributed by atoms with Gasteiger partial charge < -0.3 is 10.2 Å². The highest BCUT2D eigenvalue weighted by Gasteiger charge is 2.20. The van der Waals surface area contributed by atoms with Crippen molar-refractivity contribution >= 4 is 0 Å². The van der Waals surface area contributed by atoms with Gasteiger partial charge in [-0.25, -0.2) is 0 Å². The Morgan fingerprint density at radius 3 is 2.21 bits per heavy atom. The van der Waals surface area contributed by atoms with Crippen LogP contribution in [0.25, 0.3) is 0 Å². The van der Waals surface area contributed by atoms with Gasteiger partial charge in [0.25, 0.3) is 0 Å². The van der Waals surface area contributed by atoms with Crippen LogP contribution in [-0.4, -0.2) is 38.6 Å². The quantitative estimate of drug-likeness (QED) is 0.875. The second kappa shape index (κ2) is 7.06. The van der Waals surface area contributed by atoms with Gasteiger partial charge in [-0.05, 0) is 70.3 Å². The largest absolute Gasteiger partial charge is 0.317 e. The lowest BCUT2D eigenvalue weighted by Crippen LogP contribution is -2.29. The molecule has 19 heavy (non-hydrogen) atoms. The maximum atomic E-state index is 3.41. The van der Waals surface area contributed by atoms with Crippen molar-refractivity contribution in [3.8, 4) is 0 Å². The summed E-state index contributed by atoms with van der Waals surface area (Å²) in [5.74, 6) is 0.785. The molecule has 1 aromatic carbocycles. The number of rotatable bonds is 5. The van der Waals surface area contributed by atoms with Crippen LogP contribution >= 0.6 is 0 Å². The Bertz CT molecular complexity index is 361. The van der Waals surface area contributed by atoms with Crippen LogP contribution in [-0.2, 0) is 6.42 Å². The van der Waals surface area contributed by atoms with Crippen molar-refractivity contribution < 1.29 is 0 Å². The predicted octanol–water partition coefficient (Wildman–Crippen LogP) is 3.04. The molecule has 1 aliphatic rings. The molecule has 1 aromatic rings. The van der Waals surface area contributed by atoms with E-state index in [1.54, 1.807) is 5.56 Å². The summed E-state index contributed by atoms with van der Waals surface area (Å²) in [5.41, 5.74) is 3.00. The van der Waals surface area contributed by atoms with Gasteiger partial charge in [-0.3, -0.25) is 0 Å². The molecule has 0 radical (unpaired) electrons. The number of nitrogens with zero attached hydrogens (tertiary/aromatic N) is 1. The first-order chi connectivity index (χ1) is 9.19. The van der Waals surface area contributed by atoms with Gasteiger partial charge in [0, 0.05) is 12.6 Å². The molecule has 2 nitrogen and oxygen atoms in total. The zero-order valence-electron chi connectivity index (χ0n) is 12.7. The van der Waals surface area contributed by atoms with Gasteiger partial charge in [0.05, 0.1) is 0 Å². The Balaban J connectivity index is 1.88. The second-order valence-electron chi connectivity index (χ2n) is 6.13. The third-order valence-electron chi connectivity index (χ3n) is 4.43. The average molecular weight is 260 g/mol. The first-order valence-corrected chi connectivity index (χ1v) is 7.60. The van der Waals surface area contributed by atoms with Crippen molar-refractivity contribution in [1.82, 2.24) is 10.2 Å². The third-order valence-corrected chi connectivity index (χ3v) is 4.43. The van der Waals surface area contributed by atoms with Crippen LogP contribution in [0.3, 0.4) is 0 Å². The monoisotopic (exact) mass is 260 g/mol. The zero-order chi connectivity index (χ0) is 13.7. The lowest BCUT2D eigenvalue weighted by Gasteiger charge is -2.28. The number of nitrogens with one attached hydrogen (secondary N) is 1. The van der Waals surface area contributed by atoms with Crippen LogP contribution in [0.15, 0.2) is 24.3 Å². The number of benzene rings is 1. The average Bonchev–Trinajstić information content (AvgIpc) is 2.46. The number of hydrogen-bond acceptors (Lipinski definition) is 2. The Kier molecular flexibility index (Phi) is 5.41. The summed E-state index contributed by atoms with van der Waals surface area (Å²) >= 11 is 0. The maximum Gasteiger partial charge on any atom is 0.00644 e. The molecule has 0 atom stereocenters. The molecule has 0 bridgehead atoms. The summed E-state index contributed by atoms with van der Waals surface area (Å²) in [5, 5.41) is 3.41. The van der Waals surface area contributed by atoms with Crippen LogP contribution in [0.2, 0.25) is 0 Å². The first kappa shape index (κ1) is 14.5. The van der Waals surface area contributed by atoms with E-state index in [1.165, 1.54) is 31.2 Å². The van der Waals surface area contributed by atoms with Gasteiger partial charge in [0.1, 0.15) is 0 Å². The van der Waals surface area contributed by atoms with E-state index in [4.69, 9.17) is 0 Å². The molecule has 0 aliphatic heterocycles. The van der Waals surface area contributed by atoms with Crippen molar-refractivity contribution in [3.05, 3.63) is 35.4 Å². The molecular weight excluding hydrogens is 232 g/mol. The van der Waals surface area contributed by atoms with Crippen molar-refractivity contribution in [2.24, 2.45) is 0 Å². The van der Waals surface area contributed by atoms with Gasteiger partial charge in [0.2, 0.25) is 0 Å². The smallest absolute Gasteiger partial charge is 0.00644 e. The fraction of sp³-hybridized carbons (Fsp3) is 0.647. The van der Waals surface area contributed by atoms with Gasteiger partial charge >= 0.3 is 0 Å². The molecule has 0 saturated heterocycles. The Morgan fingerprint density at radius 1 is 1.05 bits per heavy atom. The minimum Gasteiger partial charge on any atom is -0.317 e. The van der Waals surface area contributed by atoms with Crippen LogP contribution in [0, 0.1) is 0 Å². The van der Waals surface area contributed by atoms with Crippen LogP contribution in [0.5, 0.6) is 0 Å². The number of hydrogen-bond donors (Lipinski definition) is 1. The van der Waals surface area contributed by atoms with Crippen molar-refractivity contribution in [2.75, 3.05) is 27.7 Å². The van der Waals surface area contributed by atoms with Crippen LogP contribution < -0.4 is 5.32 Å². The molecule has 2 rings (SSSR count). The van der Waals surface area contributed by atoms with E-state index in [0.717, 1.165) is 24.9 Å². The summed E-state index contributed by atoms with van der Waals surface area (Å²) in [4.78, 5) is 2.24.